The zero-order chi connectivity index (χ0) is 30.2. The van der Waals surface area contributed by atoms with Crippen LogP contribution in [0.4, 0.5) is 22.0 Å². The first-order valence-corrected chi connectivity index (χ1v) is 18.0. The van der Waals surface area contributed by atoms with Gasteiger partial charge >= 0.3 is 12.1 Å². The highest BCUT2D eigenvalue weighted by Gasteiger charge is 2.67. The lowest BCUT2D eigenvalue weighted by molar-refractivity contribution is -0.284. The highest BCUT2D eigenvalue weighted by atomic mass is 32.2. The van der Waals surface area contributed by atoms with Gasteiger partial charge in [0.1, 0.15) is 5.75 Å². The molecule has 0 saturated heterocycles. The van der Waals surface area contributed by atoms with Gasteiger partial charge in [0, 0.05) is 28.7 Å². The molecule has 1 spiro atoms. The van der Waals surface area contributed by atoms with E-state index in [4.69, 9.17) is 0 Å². The van der Waals surface area contributed by atoms with Gasteiger partial charge in [0.05, 0.1) is 0 Å². The van der Waals surface area contributed by atoms with E-state index in [1.54, 1.807) is 0 Å². The molecule has 1 aromatic carbocycles. The van der Waals surface area contributed by atoms with E-state index in [0.717, 1.165) is 50.4 Å². The fraction of sp³-hybridized carbons (Fsp3) is 0.824. The van der Waals surface area contributed by atoms with Crippen molar-refractivity contribution in [2.45, 2.75) is 134 Å². The van der Waals surface area contributed by atoms with Crippen LogP contribution < -0.4 is 0 Å². The molecule has 0 amide bonds. The van der Waals surface area contributed by atoms with E-state index in [2.05, 4.69) is 13.0 Å². The van der Waals surface area contributed by atoms with Gasteiger partial charge in [-0.1, -0.05) is 51.5 Å². The van der Waals surface area contributed by atoms with Crippen LogP contribution in [0.3, 0.4) is 0 Å². The van der Waals surface area contributed by atoms with E-state index in [1.807, 2.05) is 12.1 Å². The Hall–Kier alpha value is -1.18. The van der Waals surface area contributed by atoms with Gasteiger partial charge in [-0.2, -0.15) is 22.0 Å². The fourth-order valence-electron chi connectivity index (χ4n) is 9.51. The van der Waals surface area contributed by atoms with Crippen LogP contribution in [0.25, 0.3) is 0 Å². The van der Waals surface area contributed by atoms with Crippen molar-refractivity contribution < 1.29 is 31.3 Å². The molecule has 6 atom stereocenters. The second-order valence-electron chi connectivity index (χ2n) is 14.3. The van der Waals surface area contributed by atoms with Crippen molar-refractivity contribution >= 4 is 10.8 Å². The summed E-state index contributed by atoms with van der Waals surface area (Å²) in [6.45, 7) is 2.62. The van der Waals surface area contributed by atoms with E-state index in [1.165, 1.54) is 68.9 Å². The normalized spacial score (nSPS) is 30.5. The first kappa shape index (κ1) is 32.2. The molecule has 238 valence electrons. The molecule has 4 unspecified atom stereocenters. The molecule has 8 heteroatoms. The molecular weight excluding hydrogens is 567 g/mol. The smallest absolute Gasteiger partial charge is 0.453 e. The zero-order valence-electron chi connectivity index (χ0n) is 25.1. The minimum absolute atomic E-state index is 0.0974. The van der Waals surface area contributed by atoms with Gasteiger partial charge in [0.2, 0.25) is 0 Å². The number of unbranched alkanes of at least 4 members (excludes halogenated alkanes) is 6. The fourth-order valence-corrected chi connectivity index (χ4v) is 10.7. The molecular formula is C34H49F5O2S. The number of fused-ring (bicyclic) bond motifs is 6. The number of hydrogen-bond acceptors (Lipinski definition) is 2. The topological polar surface area (TPSA) is 37.3 Å². The first-order valence-electron chi connectivity index (χ1n) is 16.5. The van der Waals surface area contributed by atoms with Crippen LogP contribution >= 0.6 is 0 Å². The summed E-state index contributed by atoms with van der Waals surface area (Å²) in [6, 6.07) is 6.12. The van der Waals surface area contributed by atoms with Gasteiger partial charge in [0.25, 0.3) is 0 Å². The summed E-state index contributed by atoms with van der Waals surface area (Å²) in [4.78, 5) is 0. The Morgan fingerprint density at radius 1 is 0.881 bits per heavy atom. The summed E-state index contributed by atoms with van der Waals surface area (Å²) in [6.07, 6.45) is 10.9. The van der Waals surface area contributed by atoms with E-state index in [9.17, 15) is 31.3 Å². The van der Waals surface area contributed by atoms with Crippen molar-refractivity contribution in [3.05, 3.63) is 29.3 Å². The lowest BCUT2D eigenvalue weighted by atomic mass is 9.50. The number of aromatic hydroxyl groups is 1. The lowest BCUT2D eigenvalue weighted by Crippen LogP contribution is -2.46. The summed E-state index contributed by atoms with van der Waals surface area (Å²) in [5, 5.41) is 10.2. The standard InChI is InChI=1S/C34H49F5O2S/c1-31-16-13-28-27-12-11-26(40)23-25(27)22-24(30(28)29(31)14-17-32(31)18-19-32)10-7-5-3-2-4-6-8-20-42(41)21-9-15-33(35,36)34(37,38)39/h11-12,23-24,28-30,40H,2-10,13-22H2,1H3/t24-,28?,29?,30?,31+,42?/m1/s1. The maximum atomic E-state index is 13.0. The van der Waals surface area contributed by atoms with E-state index in [0.29, 0.717) is 34.2 Å². The van der Waals surface area contributed by atoms with Crippen molar-refractivity contribution in [1.29, 1.82) is 0 Å². The number of phenols is 1. The number of benzene rings is 1. The highest BCUT2D eigenvalue weighted by Crippen LogP contribution is 2.76. The summed E-state index contributed by atoms with van der Waals surface area (Å²) in [5.41, 5.74) is 4.03. The SMILES string of the molecule is C[C@]12CCC3c4ccc(O)cc4C[C@@H](CCCCCCCCCS(=O)CCCC(F)(F)C(F)(F)F)C3C1CCC21CC1. The Morgan fingerprint density at radius 2 is 1.55 bits per heavy atom. The molecule has 0 radical (unpaired) electrons. The number of phenolic OH excluding ortho intramolecular Hbond substituents is 1. The minimum Gasteiger partial charge on any atom is -0.508 e. The largest absolute Gasteiger partial charge is 0.508 e. The van der Waals surface area contributed by atoms with E-state index >= 15 is 0 Å². The molecule has 3 fully saturated rings. The average molecular weight is 617 g/mol. The summed E-state index contributed by atoms with van der Waals surface area (Å²) in [5.74, 6) is -1.11. The third-order valence-electron chi connectivity index (χ3n) is 12.0. The molecule has 3 saturated carbocycles. The highest BCUT2D eigenvalue weighted by molar-refractivity contribution is 7.84. The molecule has 5 rings (SSSR count). The van der Waals surface area contributed by atoms with Crippen molar-refractivity contribution in [2.75, 3.05) is 11.5 Å². The van der Waals surface area contributed by atoms with Gasteiger partial charge in [-0.3, -0.25) is 4.21 Å². The quantitative estimate of drug-likeness (QED) is 0.167. The van der Waals surface area contributed by atoms with Crippen molar-refractivity contribution in [1.82, 2.24) is 0 Å². The molecule has 4 aliphatic carbocycles. The molecule has 2 nitrogen and oxygen atoms in total. The predicted molar refractivity (Wildman–Crippen MR) is 158 cm³/mol. The Kier molecular flexibility index (Phi) is 9.72. The third-order valence-corrected chi connectivity index (χ3v) is 13.5. The Bertz CT molecular complexity index is 1100. The molecule has 0 aliphatic heterocycles. The summed E-state index contributed by atoms with van der Waals surface area (Å²) < 4.78 is 74.7. The van der Waals surface area contributed by atoms with E-state index in [-0.39, 0.29) is 12.2 Å². The number of rotatable bonds is 14. The maximum Gasteiger partial charge on any atom is 0.453 e. The summed E-state index contributed by atoms with van der Waals surface area (Å²) in [7, 11) is -1.34. The number of hydrogen-bond donors (Lipinski definition) is 1. The van der Waals surface area contributed by atoms with Crippen LogP contribution in [0.15, 0.2) is 18.2 Å². The Balaban J connectivity index is 1.02. The van der Waals surface area contributed by atoms with E-state index < -0.39 is 29.3 Å². The van der Waals surface area contributed by atoms with Crippen LogP contribution in [0.5, 0.6) is 5.75 Å². The van der Waals surface area contributed by atoms with Crippen LogP contribution in [0.2, 0.25) is 0 Å². The number of halogens is 5. The monoisotopic (exact) mass is 616 g/mol. The molecule has 1 N–H and O–H groups in total. The molecule has 0 bridgehead atoms. The van der Waals surface area contributed by atoms with Crippen molar-refractivity contribution in [3.63, 3.8) is 0 Å². The second-order valence-corrected chi connectivity index (χ2v) is 16.0. The second kappa shape index (κ2) is 12.7. The van der Waals surface area contributed by atoms with Gasteiger partial charge in [-0.05, 0) is 122 Å². The molecule has 0 aromatic heterocycles. The molecule has 1 aromatic rings. The molecule has 0 heterocycles. The lowest BCUT2D eigenvalue weighted by Gasteiger charge is -2.54. The molecule has 4 aliphatic rings. The Labute approximate surface area is 251 Å². The van der Waals surface area contributed by atoms with Crippen LogP contribution in [-0.4, -0.2) is 32.9 Å². The van der Waals surface area contributed by atoms with Gasteiger partial charge in [-0.25, -0.2) is 0 Å². The third kappa shape index (κ3) is 6.59. The maximum absolute atomic E-state index is 13.0. The predicted octanol–water partition coefficient (Wildman–Crippen LogP) is 10.1. The van der Waals surface area contributed by atoms with Gasteiger partial charge in [-0.15, -0.1) is 0 Å². The number of alkyl halides is 5. The Morgan fingerprint density at radius 3 is 2.24 bits per heavy atom. The molecule has 42 heavy (non-hydrogen) atoms. The summed E-state index contributed by atoms with van der Waals surface area (Å²) >= 11 is 0. The van der Waals surface area contributed by atoms with Crippen LogP contribution in [0, 0.1) is 28.6 Å². The van der Waals surface area contributed by atoms with Gasteiger partial charge < -0.3 is 5.11 Å². The van der Waals surface area contributed by atoms with Crippen LogP contribution in [-0.2, 0) is 17.2 Å². The minimum atomic E-state index is -5.53. The van der Waals surface area contributed by atoms with Crippen molar-refractivity contribution in [2.24, 2.45) is 28.6 Å². The average Bonchev–Trinajstić information content (AvgIpc) is 3.66. The van der Waals surface area contributed by atoms with Crippen molar-refractivity contribution in [3.8, 4) is 5.75 Å². The zero-order valence-corrected chi connectivity index (χ0v) is 25.9. The first-order chi connectivity index (χ1) is 19.9. The van der Waals surface area contributed by atoms with Gasteiger partial charge in [0.15, 0.2) is 0 Å². The van der Waals surface area contributed by atoms with Crippen LogP contribution in [0.1, 0.15) is 127 Å².